The normalized spacial score (nSPS) is 15.8. The number of nitrogens with one attached hydrogen (secondary N) is 2. The molecular weight excluding hydrogens is 390 g/mol. The highest BCUT2D eigenvalue weighted by Crippen LogP contribution is 2.34. The molecule has 2 aromatic rings. The van der Waals surface area contributed by atoms with Gasteiger partial charge in [-0.25, -0.2) is 4.98 Å². The molecule has 2 heterocycles. The van der Waals surface area contributed by atoms with E-state index in [1.165, 1.54) is 28.8 Å². The van der Waals surface area contributed by atoms with Crippen molar-refractivity contribution in [2.75, 3.05) is 37.6 Å². The predicted octanol–water partition coefficient (Wildman–Crippen LogP) is 3.10. The van der Waals surface area contributed by atoms with Gasteiger partial charge in [0.15, 0.2) is 5.11 Å². The highest BCUT2D eigenvalue weighted by atomic mass is 32.1. The molecule has 0 saturated carbocycles. The van der Waals surface area contributed by atoms with Crippen LogP contribution in [0.1, 0.15) is 29.5 Å². The molecule has 5 nitrogen and oxygen atoms in total. The van der Waals surface area contributed by atoms with Crippen LogP contribution in [0.3, 0.4) is 0 Å². The Morgan fingerprint density at radius 3 is 2.50 bits per heavy atom. The number of rotatable bonds is 4. The molecule has 1 aromatic heterocycles. The number of H-pyrrole nitrogens is 1. The monoisotopic (exact) mass is 418 g/mol. The zero-order valence-electron chi connectivity index (χ0n) is 17.3. The van der Waals surface area contributed by atoms with E-state index in [0.29, 0.717) is 6.54 Å². The molecule has 6 heteroatoms. The lowest BCUT2D eigenvalue weighted by atomic mass is 9.86. The average molecular weight is 419 g/mol. The summed E-state index contributed by atoms with van der Waals surface area (Å²) in [6, 6.07) is 13.0. The molecule has 1 aliphatic heterocycles. The van der Waals surface area contributed by atoms with Gasteiger partial charge < -0.3 is 10.2 Å². The van der Waals surface area contributed by atoms with Crippen molar-refractivity contribution >= 4 is 23.1 Å². The number of aromatic nitrogens is 1. The molecule has 1 aromatic carbocycles. The van der Waals surface area contributed by atoms with E-state index in [9.17, 15) is 5.26 Å². The molecule has 30 heavy (non-hydrogen) atoms. The molecule has 2 N–H and O–H groups in total. The number of pyridine rings is 1. The van der Waals surface area contributed by atoms with E-state index >= 15 is 0 Å². The number of nitriles is 1. The van der Waals surface area contributed by atoms with Crippen molar-refractivity contribution in [2.45, 2.75) is 25.7 Å². The summed E-state index contributed by atoms with van der Waals surface area (Å²) in [6.07, 6.45) is 6.15. The molecule has 0 bridgehead atoms. The summed E-state index contributed by atoms with van der Waals surface area (Å²) in [4.78, 5) is 8.18. The Kier molecular flexibility index (Phi) is 6.29. The second-order valence-corrected chi connectivity index (χ2v) is 8.20. The topological polar surface area (TPSA) is 56.4 Å². The summed E-state index contributed by atoms with van der Waals surface area (Å²) < 4.78 is 0. The summed E-state index contributed by atoms with van der Waals surface area (Å²) in [5.74, 6) is 0.960. The fourth-order valence-electron chi connectivity index (χ4n) is 4.47. The molecule has 0 amide bonds. The first-order valence-corrected chi connectivity index (χ1v) is 11.1. The predicted molar refractivity (Wildman–Crippen MR) is 124 cm³/mol. The Bertz CT molecular complexity index is 971. The van der Waals surface area contributed by atoms with Crippen molar-refractivity contribution < 1.29 is 4.98 Å². The van der Waals surface area contributed by atoms with Crippen LogP contribution in [0.4, 0.5) is 5.82 Å². The SMILES string of the molecule is C=CCNC(=S)N1CCN(c2[nH+]c(-c3ccccc3)c3c(c2C#N)CCCC3)CC1. The summed E-state index contributed by atoms with van der Waals surface area (Å²) in [6.45, 7) is 7.73. The van der Waals surface area contributed by atoms with E-state index in [-0.39, 0.29) is 0 Å². The van der Waals surface area contributed by atoms with E-state index < -0.39 is 0 Å². The van der Waals surface area contributed by atoms with Gasteiger partial charge in [-0.1, -0.05) is 36.4 Å². The second-order valence-electron chi connectivity index (χ2n) is 7.81. The van der Waals surface area contributed by atoms with Gasteiger partial charge in [0.2, 0.25) is 0 Å². The fraction of sp³-hybridized carbons (Fsp3) is 0.375. The summed E-state index contributed by atoms with van der Waals surface area (Å²) in [5, 5.41) is 14.0. The van der Waals surface area contributed by atoms with E-state index in [0.717, 1.165) is 61.9 Å². The third-order valence-corrected chi connectivity index (χ3v) is 6.41. The largest absolute Gasteiger partial charge is 0.359 e. The van der Waals surface area contributed by atoms with Crippen LogP contribution < -0.4 is 15.2 Å². The van der Waals surface area contributed by atoms with Gasteiger partial charge in [0, 0.05) is 17.7 Å². The van der Waals surface area contributed by atoms with Crippen LogP contribution in [0.15, 0.2) is 43.0 Å². The number of aromatic amines is 1. The molecule has 154 valence electrons. The number of hydrogen-bond donors (Lipinski definition) is 1. The van der Waals surface area contributed by atoms with Crippen LogP contribution in [0.25, 0.3) is 11.3 Å². The third kappa shape index (κ3) is 4.03. The van der Waals surface area contributed by atoms with E-state index in [2.05, 4.69) is 57.0 Å². The molecule has 0 atom stereocenters. The highest BCUT2D eigenvalue weighted by molar-refractivity contribution is 7.80. The average Bonchev–Trinajstić information content (AvgIpc) is 2.82. The van der Waals surface area contributed by atoms with Gasteiger partial charge >= 0.3 is 0 Å². The number of hydrogen-bond acceptors (Lipinski definition) is 3. The number of anilines is 1. The summed E-state index contributed by atoms with van der Waals surface area (Å²) >= 11 is 5.50. The van der Waals surface area contributed by atoms with Gasteiger partial charge in [0.1, 0.15) is 30.4 Å². The number of fused-ring (bicyclic) bond motifs is 1. The number of piperazine rings is 1. The summed E-state index contributed by atoms with van der Waals surface area (Å²) in [5.41, 5.74) is 5.74. The molecule has 1 fully saturated rings. The van der Waals surface area contributed by atoms with Gasteiger partial charge in [0.05, 0.1) is 13.1 Å². The van der Waals surface area contributed by atoms with Gasteiger partial charge in [-0.2, -0.15) is 5.26 Å². The Balaban J connectivity index is 1.66. The minimum atomic E-state index is 0.677. The van der Waals surface area contributed by atoms with Crippen LogP contribution >= 0.6 is 12.2 Å². The summed E-state index contributed by atoms with van der Waals surface area (Å²) in [7, 11) is 0. The van der Waals surface area contributed by atoms with E-state index in [4.69, 9.17) is 12.2 Å². The molecule has 4 rings (SSSR count). The van der Waals surface area contributed by atoms with Gasteiger partial charge in [-0.3, -0.25) is 4.90 Å². The van der Waals surface area contributed by atoms with Crippen molar-refractivity contribution in [3.8, 4) is 17.3 Å². The zero-order valence-corrected chi connectivity index (χ0v) is 18.1. The first-order valence-electron chi connectivity index (χ1n) is 10.7. The van der Waals surface area contributed by atoms with Crippen LogP contribution in [0.5, 0.6) is 0 Å². The minimum Gasteiger partial charge on any atom is -0.359 e. The molecule has 0 spiro atoms. The van der Waals surface area contributed by atoms with Crippen molar-refractivity contribution in [3.63, 3.8) is 0 Å². The van der Waals surface area contributed by atoms with Crippen molar-refractivity contribution in [2.24, 2.45) is 0 Å². The van der Waals surface area contributed by atoms with Crippen LogP contribution in [0, 0.1) is 11.3 Å². The van der Waals surface area contributed by atoms with Gasteiger partial charge in [0.25, 0.3) is 5.82 Å². The Morgan fingerprint density at radius 2 is 1.83 bits per heavy atom. The Labute approximate surface area is 184 Å². The van der Waals surface area contributed by atoms with Crippen molar-refractivity contribution in [1.82, 2.24) is 10.2 Å². The lowest BCUT2D eigenvalue weighted by Crippen LogP contribution is -2.53. The van der Waals surface area contributed by atoms with Crippen LogP contribution in [-0.4, -0.2) is 42.7 Å². The van der Waals surface area contributed by atoms with Gasteiger partial charge in [-0.15, -0.1) is 6.58 Å². The minimum absolute atomic E-state index is 0.677. The first kappa shape index (κ1) is 20.4. The number of nitrogens with zero attached hydrogens (tertiary/aromatic N) is 3. The lowest BCUT2D eigenvalue weighted by Gasteiger charge is -2.33. The van der Waals surface area contributed by atoms with Crippen molar-refractivity contribution in [1.29, 1.82) is 5.26 Å². The van der Waals surface area contributed by atoms with E-state index in [1.54, 1.807) is 0 Å². The molecule has 1 aliphatic carbocycles. The molecule has 0 radical (unpaired) electrons. The number of benzene rings is 1. The van der Waals surface area contributed by atoms with E-state index in [1.807, 2.05) is 12.1 Å². The lowest BCUT2D eigenvalue weighted by molar-refractivity contribution is -0.352. The maximum atomic E-state index is 10.1. The fourth-order valence-corrected chi connectivity index (χ4v) is 4.74. The zero-order chi connectivity index (χ0) is 20.9. The Hall–Kier alpha value is -2.91. The smallest absolute Gasteiger partial charge is 0.293 e. The Morgan fingerprint density at radius 1 is 1.13 bits per heavy atom. The maximum absolute atomic E-state index is 10.1. The molecule has 1 saturated heterocycles. The van der Waals surface area contributed by atoms with Crippen molar-refractivity contribution in [3.05, 3.63) is 59.7 Å². The third-order valence-electron chi connectivity index (χ3n) is 6.01. The standard InChI is InChI=1S/C24H27N5S/c1-2-12-26-24(30)29-15-13-28(14-16-29)23-21(17-25)19-10-6-7-11-20(19)22(27-23)18-8-4-3-5-9-18/h2-5,8-9H,1,6-7,10-16H2,(H,26,30)/p+1. The van der Waals surface area contributed by atoms with Crippen LogP contribution in [0.2, 0.25) is 0 Å². The molecule has 0 unspecified atom stereocenters. The maximum Gasteiger partial charge on any atom is 0.293 e. The second kappa shape index (κ2) is 9.27. The quantitative estimate of drug-likeness (QED) is 0.611. The van der Waals surface area contributed by atoms with Crippen LogP contribution in [-0.2, 0) is 12.8 Å². The molecular formula is C24H28N5S+. The first-order chi connectivity index (χ1) is 14.7. The highest BCUT2D eigenvalue weighted by Gasteiger charge is 2.32. The number of thiocarbonyl (C=S) groups is 1. The molecule has 2 aliphatic rings. The van der Waals surface area contributed by atoms with Gasteiger partial charge in [-0.05, 0) is 43.5 Å².